The van der Waals surface area contributed by atoms with Gasteiger partial charge in [-0.05, 0) is 30.9 Å². The summed E-state index contributed by atoms with van der Waals surface area (Å²) in [4.78, 5) is 42.7. The number of fused-ring (bicyclic) bond motifs is 1. The van der Waals surface area contributed by atoms with Crippen LogP contribution in [0.5, 0.6) is 0 Å². The maximum Gasteiger partial charge on any atom is 0.311 e. The molecule has 2 heterocycles. The zero-order valence-electron chi connectivity index (χ0n) is 16.8. The fourth-order valence-corrected chi connectivity index (χ4v) is 5.21. The van der Waals surface area contributed by atoms with Crippen LogP contribution < -0.4 is 4.90 Å². The quantitative estimate of drug-likeness (QED) is 0.817. The van der Waals surface area contributed by atoms with Crippen molar-refractivity contribution in [1.82, 2.24) is 9.80 Å². The molecule has 3 aliphatic rings. The van der Waals surface area contributed by atoms with E-state index in [9.17, 15) is 19.5 Å². The van der Waals surface area contributed by atoms with Crippen LogP contribution in [0, 0.1) is 11.3 Å². The van der Waals surface area contributed by atoms with Crippen LogP contribution in [0.25, 0.3) is 0 Å². The Morgan fingerprint density at radius 1 is 0.966 bits per heavy atom. The molecule has 3 fully saturated rings. The van der Waals surface area contributed by atoms with Crippen molar-refractivity contribution in [3.63, 3.8) is 0 Å². The summed E-state index contributed by atoms with van der Waals surface area (Å²) in [5.41, 5.74) is 0.412. The summed E-state index contributed by atoms with van der Waals surface area (Å²) in [6, 6.07) is 10.2. The number of hydrogen-bond donors (Lipinski definition) is 1. The molecule has 0 bridgehead atoms. The topological polar surface area (TPSA) is 81.2 Å². The number of carboxylic acid groups (broad SMARTS) is 1. The van der Waals surface area contributed by atoms with Crippen molar-refractivity contribution in [3.05, 3.63) is 30.3 Å². The standard InChI is InChI=1S/C22H29N3O4/c26-19(24-13-11-23(12-14-24)18-6-2-1-3-7-18)8-9-20(27)25-15-17-5-4-10-22(17,16-25)21(28)29/h1-3,6-7,17H,4-5,8-16H2,(H,28,29)/t17-,22+/m0/s1. The molecule has 2 saturated heterocycles. The number of aliphatic carboxylic acids is 1. The predicted octanol–water partition coefficient (Wildman–Crippen LogP) is 1.83. The number of piperazine rings is 1. The van der Waals surface area contributed by atoms with Gasteiger partial charge in [-0.3, -0.25) is 14.4 Å². The minimum absolute atomic E-state index is 0.0124. The van der Waals surface area contributed by atoms with Crippen LogP contribution in [-0.2, 0) is 14.4 Å². The number of rotatable bonds is 5. The van der Waals surface area contributed by atoms with Crippen molar-refractivity contribution in [3.8, 4) is 0 Å². The number of hydrogen-bond acceptors (Lipinski definition) is 4. The zero-order chi connectivity index (χ0) is 20.4. The molecule has 156 valence electrons. The number of carboxylic acids is 1. The molecule has 1 N–H and O–H groups in total. The second-order valence-electron chi connectivity index (χ2n) is 8.53. The maximum absolute atomic E-state index is 12.6. The van der Waals surface area contributed by atoms with Crippen LogP contribution in [0.3, 0.4) is 0 Å². The Hall–Kier alpha value is -2.57. The molecule has 2 atom stereocenters. The number of para-hydroxylation sites is 1. The normalized spacial score (nSPS) is 26.5. The highest BCUT2D eigenvalue weighted by atomic mass is 16.4. The van der Waals surface area contributed by atoms with Crippen LogP contribution in [0.2, 0.25) is 0 Å². The average Bonchev–Trinajstić information content (AvgIpc) is 3.31. The van der Waals surface area contributed by atoms with Gasteiger partial charge in [0.2, 0.25) is 11.8 Å². The van der Waals surface area contributed by atoms with Gasteiger partial charge in [-0.15, -0.1) is 0 Å². The van der Waals surface area contributed by atoms with E-state index in [4.69, 9.17) is 0 Å². The first kappa shape index (κ1) is 19.7. The van der Waals surface area contributed by atoms with Gasteiger partial charge in [-0.2, -0.15) is 0 Å². The highest BCUT2D eigenvalue weighted by Gasteiger charge is 2.55. The summed E-state index contributed by atoms with van der Waals surface area (Å²) >= 11 is 0. The van der Waals surface area contributed by atoms with Crippen molar-refractivity contribution in [2.24, 2.45) is 11.3 Å². The Kier molecular flexibility index (Phi) is 5.48. The molecule has 0 radical (unpaired) electrons. The van der Waals surface area contributed by atoms with Crippen molar-refractivity contribution in [1.29, 1.82) is 0 Å². The van der Waals surface area contributed by atoms with Crippen molar-refractivity contribution >= 4 is 23.5 Å². The minimum atomic E-state index is -0.775. The van der Waals surface area contributed by atoms with Crippen molar-refractivity contribution < 1.29 is 19.5 Å². The van der Waals surface area contributed by atoms with Crippen molar-refractivity contribution in [2.75, 3.05) is 44.2 Å². The molecule has 1 aromatic rings. The third-order valence-corrected chi connectivity index (χ3v) is 6.96. The van der Waals surface area contributed by atoms with E-state index in [1.807, 2.05) is 23.1 Å². The number of amides is 2. The molecule has 2 amide bonds. The molecule has 4 rings (SSSR count). The van der Waals surface area contributed by atoms with Gasteiger partial charge >= 0.3 is 5.97 Å². The summed E-state index contributed by atoms with van der Waals surface area (Å²) in [5.74, 6) is -0.789. The summed E-state index contributed by atoms with van der Waals surface area (Å²) in [5, 5.41) is 9.66. The number of anilines is 1. The van der Waals surface area contributed by atoms with Crippen LogP contribution in [0.4, 0.5) is 5.69 Å². The molecule has 2 aliphatic heterocycles. The Bertz CT molecular complexity index is 776. The zero-order valence-corrected chi connectivity index (χ0v) is 16.8. The second-order valence-corrected chi connectivity index (χ2v) is 8.53. The van der Waals surface area contributed by atoms with Gasteiger partial charge in [-0.1, -0.05) is 24.6 Å². The SMILES string of the molecule is O=C(CCC(=O)N1C[C@@H]2CCC[C@@]2(C(=O)O)C1)N1CCN(c2ccccc2)CC1. The third-order valence-electron chi connectivity index (χ3n) is 6.96. The molecular weight excluding hydrogens is 370 g/mol. The average molecular weight is 399 g/mol. The molecular formula is C22H29N3O4. The first-order valence-electron chi connectivity index (χ1n) is 10.6. The van der Waals surface area contributed by atoms with Gasteiger partial charge in [0.15, 0.2) is 0 Å². The lowest BCUT2D eigenvalue weighted by Gasteiger charge is -2.36. The van der Waals surface area contributed by atoms with E-state index in [1.54, 1.807) is 4.90 Å². The lowest BCUT2D eigenvalue weighted by atomic mass is 9.81. The van der Waals surface area contributed by atoms with Gasteiger partial charge in [0.25, 0.3) is 0 Å². The first-order valence-corrected chi connectivity index (χ1v) is 10.6. The smallest absolute Gasteiger partial charge is 0.311 e. The summed E-state index contributed by atoms with van der Waals surface area (Å²) < 4.78 is 0. The van der Waals surface area contributed by atoms with E-state index >= 15 is 0 Å². The Balaban J connectivity index is 1.24. The monoisotopic (exact) mass is 399 g/mol. The maximum atomic E-state index is 12.6. The van der Waals surface area contributed by atoms with Gasteiger partial charge in [0, 0.05) is 57.8 Å². The Labute approximate surface area is 171 Å². The van der Waals surface area contributed by atoms with Gasteiger partial charge in [-0.25, -0.2) is 0 Å². The number of carbonyl (C=O) groups excluding carboxylic acids is 2. The van der Waals surface area contributed by atoms with Crippen LogP contribution in [-0.4, -0.2) is 72.0 Å². The minimum Gasteiger partial charge on any atom is -0.481 e. The van der Waals surface area contributed by atoms with Crippen LogP contribution in [0.1, 0.15) is 32.1 Å². The molecule has 7 nitrogen and oxygen atoms in total. The summed E-state index contributed by atoms with van der Waals surface area (Å²) in [6.07, 6.45) is 2.82. The van der Waals surface area contributed by atoms with E-state index in [2.05, 4.69) is 17.0 Å². The van der Waals surface area contributed by atoms with Crippen LogP contribution in [0.15, 0.2) is 30.3 Å². The fourth-order valence-electron chi connectivity index (χ4n) is 5.21. The fraction of sp³-hybridized carbons (Fsp3) is 0.591. The lowest BCUT2D eigenvalue weighted by molar-refractivity contribution is -0.149. The molecule has 0 aromatic heterocycles. The van der Waals surface area contributed by atoms with Gasteiger partial charge < -0.3 is 19.8 Å². The summed E-state index contributed by atoms with van der Waals surface area (Å²) in [7, 11) is 0. The van der Waals surface area contributed by atoms with Crippen LogP contribution >= 0.6 is 0 Å². The molecule has 29 heavy (non-hydrogen) atoms. The highest BCUT2D eigenvalue weighted by molar-refractivity contribution is 5.85. The molecule has 7 heteroatoms. The molecule has 1 aromatic carbocycles. The molecule has 0 unspecified atom stereocenters. The summed E-state index contributed by atoms with van der Waals surface area (Å²) in [6.45, 7) is 3.73. The lowest BCUT2D eigenvalue weighted by Crippen LogP contribution is -2.49. The molecule has 1 aliphatic carbocycles. The van der Waals surface area contributed by atoms with E-state index in [1.165, 1.54) is 5.69 Å². The highest BCUT2D eigenvalue weighted by Crippen LogP contribution is 2.49. The predicted molar refractivity (Wildman–Crippen MR) is 108 cm³/mol. The molecule has 0 spiro atoms. The Morgan fingerprint density at radius 2 is 1.62 bits per heavy atom. The number of nitrogens with zero attached hydrogens (tertiary/aromatic N) is 3. The molecule has 1 saturated carbocycles. The Morgan fingerprint density at radius 3 is 2.24 bits per heavy atom. The second kappa shape index (κ2) is 8.05. The van der Waals surface area contributed by atoms with E-state index in [0.29, 0.717) is 32.6 Å². The van der Waals surface area contributed by atoms with Gasteiger partial charge in [0.05, 0.1) is 5.41 Å². The van der Waals surface area contributed by atoms with E-state index in [-0.39, 0.29) is 30.6 Å². The van der Waals surface area contributed by atoms with E-state index in [0.717, 1.165) is 25.9 Å². The largest absolute Gasteiger partial charge is 0.481 e. The number of carbonyl (C=O) groups is 3. The van der Waals surface area contributed by atoms with Gasteiger partial charge in [0.1, 0.15) is 0 Å². The number of likely N-dealkylation sites (tertiary alicyclic amines) is 1. The van der Waals surface area contributed by atoms with E-state index < -0.39 is 11.4 Å². The third kappa shape index (κ3) is 3.82. The number of benzene rings is 1. The first-order chi connectivity index (χ1) is 14.0. The van der Waals surface area contributed by atoms with Crippen molar-refractivity contribution in [2.45, 2.75) is 32.1 Å².